The van der Waals surface area contributed by atoms with E-state index in [1.807, 2.05) is 0 Å². The predicted octanol–water partition coefficient (Wildman–Crippen LogP) is 1.16. The molecule has 2 rings (SSSR count). The highest BCUT2D eigenvalue weighted by atomic mass is 16.5. The van der Waals surface area contributed by atoms with Gasteiger partial charge in [0.2, 0.25) is 0 Å². The maximum absolute atomic E-state index is 11.6. The molecule has 0 bridgehead atoms. The summed E-state index contributed by atoms with van der Waals surface area (Å²) in [5.74, 6) is -1.70. The van der Waals surface area contributed by atoms with Gasteiger partial charge >= 0.3 is 5.97 Å². The van der Waals surface area contributed by atoms with E-state index in [0.29, 0.717) is 6.42 Å². The van der Waals surface area contributed by atoms with Crippen LogP contribution < -0.4 is 0 Å². The van der Waals surface area contributed by atoms with Crippen LogP contribution in [0, 0.1) is 11.8 Å². The molecule has 0 N–H and O–H groups in total. The molecular weight excluding hydrogens is 192 g/mol. The molecule has 0 unspecified atom stereocenters. The summed E-state index contributed by atoms with van der Waals surface area (Å²) >= 11 is 0. The van der Waals surface area contributed by atoms with Crippen molar-refractivity contribution < 1.29 is 16.4 Å². The third kappa shape index (κ3) is 1.89. The summed E-state index contributed by atoms with van der Waals surface area (Å²) in [6.07, 6.45) is 0.725. The SMILES string of the molecule is [2H]C([2H])(c1cncn1C([2H])([2H])[2H])[C@H]1COC(=O)[C@H]1CC. The van der Waals surface area contributed by atoms with Gasteiger partial charge in [-0.3, -0.25) is 4.79 Å². The minimum Gasteiger partial charge on any atom is -0.465 e. The summed E-state index contributed by atoms with van der Waals surface area (Å²) in [6, 6.07) is 0. The molecule has 0 aromatic carbocycles. The molecule has 0 radical (unpaired) electrons. The van der Waals surface area contributed by atoms with E-state index in [-0.39, 0.29) is 12.3 Å². The molecule has 82 valence electrons. The molecule has 1 aromatic rings. The highest BCUT2D eigenvalue weighted by molar-refractivity contribution is 5.74. The molecule has 1 aliphatic rings. The van der Waals surface area contributed by atoms with Gasteiger partial charge in [-0.2, -0.15) is 0 Å². The van der Waals surface area contributed by atoms with Crippen molar-refractivity contribution >= 4 is 5.97 Å². The number of esters is 1. The summed E-state index contributed by atoms with van der Waals surface area (Å²) < 4.78 is 44.5. The molecule has 4 heteroatoms. The number of rotatable bonds is 3. The van der Waals surface area contributed by atoms with Gasteiger partial charge in [0.05, 0.1) is 18.9 Å². The molecular formula is C11H16N2O2. The van der Waals surface area contributed by atoms with E-state index in [2.05, 4.69) is 4.98 Å². The molecule has 1 fully saturated rings. The van der Waals surface area contributed by atoms with Gasteiger partial charge in [-0.05, 0) is 12.8 Å². The monoisotopic (exact) mass is 213 g/mol. The molecule has 2 atom stereocenters. The number of cyclic esters (lactones) is 1. The Kier molecular flexibility index (Phi) is 1.53. The highest BCUT2D eigenvalue weighted by Gasteiger charge is 2.35. The number of hydrogen-bond donors (Lipinski definition) is 0. The van der Waals surface area contributed by atoms with Crippen molar-refractivity contribution in [1.29, 1.82) is 0 Å². The summed E-state index contributed by atoms with van der Waals surface area (Å²) in [6.45, 7) is -0.776. The number of carbonyl (C=O) groups is 1. The second-order valence-electron chi connectivity index (χ2n) is 3.54. The number of ether oxygens (including phenoxy) is 1. The molecule has 4 nitrogen and oxygen atoms in total. The number of nitrogens with zero attached hydrogens (tertiary/aromatic N) is 2. The van der Waals surface area contributed by atoms with Crippen molar-refractivity contribution in [1.82, 2.24) is 9.55 Å². The first-order valence-electron chi connectivity index (χ1n) is 7.39. The summed E-state index contributed by atoms with van der Waals surface area (Å²) in [5.41, 5.74) is -0.0562. The average molecular weight is 213 g/mol. The Bertz CT molecular complexity index is 511. The van der Waals surface area contributed by atoms with E-state index in [1.54, 1.807) is 6.92 Å². The van der Waals surface area contributed by atoms with Crippen LogP contribution in [-0.2, 0) is 22.9 Å². The second-order valence-corrected chi connectivity index (χ2v) is 3.54. The van der Waals surface area contributed by atoms with Gasteiger partial charge in [0, 0.05) is 31.6 Å². The Morgan fingerprint density at radius 3 is 3.47 bits per heavy atom. The zero-order chi connectivity index (χ0) is 15.1. The number of hydrogen-bond acceptors (Lipinski definition) is 3. The minimum atomic E-state index is -2.51. The lowest BCUT2D eigenvalue weighted by Crippen LogP contribution is -2.18. The summed E-state index contributed by atoms with van der Waals surface area (Å²) in [7, 11) is 0. The molecule has 15 heavy (non-hydrogen) atoms. The van der Waals surface area contributed by atoms with Crippen molar-refractivity contribution in [3.05, 3.63) is 18.2 Å². The van der Waals surface area contributed by atoms with Crippen LogP contribution in [0.1, 0.15) is 25.9 Å². The highest BCUT2D eigenvalue weighted by Crippen LogP contribution is 2.27. The van der Waals surface area contributed by atoms with Crippen LogP contribution in [0.3, 0.4) is 0 Å². The van der Waals surface area contributed by atoms with Gasteiger partial charge < -0.3 is 9.30 Å². The lowest BCUT2D eigenvalue weighted by Gasteiger charge is -2.12. The lowest BCUT2D eigenvalue weighted by molar-refractivity contribution is -0.141. The topological polar surface area (TPSA) is 44.1 Å². The van der Waals surface area contributed by atoms with Gasteiger partial charge in [0.15, 0.2) is 0 Å². The molecule has 0 spiro atoms. The largest absolute Gasteiger partial charge is 0.465 e. The number of aromatic nitrogens is 2. The Balaban J connectivity index is 2.41. The lowest BCUT2D eigenvalue weighted by atomic mass is 9.89. The molecule has 0 saturated carbocycles. The maximum Gasteiger partial charge on any atom is 0.309 e. The molecule has 1 aromatic heterocycles. The van der Waals surface area contributed by atoms with Crippen LogP contribution in [0.5, 0.6) is 0 Å². The number of imidazole rings is 1. The maximum atomic E-state index is 11.6. The third-order valence-corrected chi connectivity index (χ3v) is 2.61. The fraction of sp³-hybridized carbons (Fsp3) is 0.636. The number of carbonyl (C=O) groups excluding carboxylic acids is 1. The van der Waals surface area contributed by atoms with Gasteiger partial charge in [-0.15, -0.1) is 0 Å². The Morgan fingerprint density at radius 2 is 2.73 bits per heavy atom. The van der Waals surface area contributed by atoms with E-state index >= 15 is 0 Å². The van der Waals surface area contributed by atoms with Gasteiger partial charge in [-0.1, -0.05) is 6.92 Å². The fourth-order valence-corrected chi connectivity index (χ4v) is 1.74. The van der Waals surface area contributed by atoms with E-state index in [4.69, 9.17) is 11.6 Å². The molecule has 2 heterocycles. The minimum absolute atomic E-state index is 0.0451. The van der Waals surface area contributed by atoms with E-state index in [0.717, 1.165) is 10.9 Å². The first kappa shape index (κ1) is 5.68. The van der Waals surface area contributed by atoms with Gasteiger partial charge in [0.1, 0.15) is 0 Å². The molecule has 0 aliphatic carbocycles. The smallest absolute Gasteiger partial charge is 0.309 e. The Morgan fingerprint density at radius 1 is 1.87 bits per heavy atom. The van der Waals surface area contributed by atoms with E-state index in [1.165, 1.54) is 6.20 Å². The quantitative estimate of drug-likeness (QED) is 0.708. The Hall–Kier alpha value is -1.32. The van der Waals surface area contributed by atoms with Crippen LogP contribution in [0.4, 0.5) is 0 Å². The standard InChI is InChI=1S/C11H16N2O2/c1-3-10-8(6-15-11(10)14)4-9-5-12-7-13(9)2/h5,7-8,10H,3-4,6H2,1-2H3/t8-,10-/m0/s1/i2D3,4D2. The number of aryl methyl sites for hydroxylation is 1. The van der Waals surface area contributed by atoms with Crippen LogP contribution in [0.25, 0.3) is 0 Å². The zero-order valence-electron chi connectivity index (χ0n) is 13.4. The molecule has 1 aliphatic heterocycles. The third-order valence-electron chi connectivity index (χ3n) is 2.61. The normalized spacial score (nSPS) is 32.3. The first-order chi connectivity index (χ1) is 9.19. The van der Waals surface area contributed by atoms with E-state index in [9.17, 15) is 4.79 Å². The van der Waals surface area contributed by atoms with Crippen molar-refractivity contribution in [3.63, 3.8) is 0 Å². The van der Waals surface area contributed by atoms with Gasteiger partial charge in [-0.25, -0.2) is 4.98 Å². The van der Waals surface area contributed by atoms with Crippen LogP contribution in [-0.4, -0.2) is 22.1 Å². The molecule has 0 amide bonds. The van der Waals surface area contributed by atoms with Crippen LogP contribution in [0.15, 0.2) is 12.5 Å². The first-order valence-corrected chi connectivity index (χ1v) is 4.89. The predicted molar refractivity (Wildman–Crippen MR) is 55.1 cm³/mol. The fourth-order valence-electron chi connectivity index (χ4n) is 1.74. The average Bonchev–Trinajstić information content (AvgIpc) is 2.93. The Labute approximate surface area is 96.3 Å². The van der Waals surface area contributed by atoms with Crippen molar-refractivity contribution in [2.75, 3.05) is 6.61 Å². The van der Waals surface area contributed by atoms with E-state index < -0.39 is 31.2 Å². The second kappa shape index (κ2) is 4.04. The summed E-state index contributed by atoms with van der Waals surface area (Å²) in [4.78, 5) is 15.3. The van der Waals surface area contributed by atoms with Gasteiger partial charge in [0.25, 0.3) is 0 Å². The zero-order valence-corrected chi connectivity index (χ0v) is 8.43. The van der Waals surface area contributed by atoms with Crippen LogP contribution >= 0.6 is 0 Å². The summed E-state index contributed by atoms with van der Waals surface area (Å²) in [5, 5.41) is 0. The van der Waals surface area contributed by atoms with Crippen LogP contribution in [0.2, 0.25) is 0 Å². The molecule has 1 saturated heterocycles. The van der Waals surface area contributed by atoms with Crippen molar-refractivity contribution in [2.24, 2.45) is 18.8 Å². The van der Waals surface area contributed by atoms with Crippen molar-refractivity contribution in [3.8, 4) is 0 Å². The van der Waals surface area contributed by atoms with Crippen molar-refractivity contribution in [2.45, 2.75) is 19.7 Å².